The first kappa shape index (κ1) is 12.7. The van der Waals surface area contributed by atoms with Gasteiger partial charge < -0.3 is 9.88 Å². The molecule has 1 aliphatic carbocycles. The molecular weight excluding hydrogens is 234 g/mol. The Balaban J connectivity index is 1.96. The van der Waals surface area contributed by atoms with E-state index in [4.69, 9.17) is 0 Å². The lowest BCUT2D eigenvalue weighted by Crippen LogP contribution is -2.36. The molecule has 2 aromatic rings. The van der Waals surface area contributed by atoms with E-state index in [1.165, 1.54) is 37.6 Å². The molecule has 1 saturated carbocycles. The van der Waals surface area contributed by atoms with Gasteiger partial charge >= 0.3 is 0 Å². The van der Waals surface area contributed by atoms with Gasteiger partial charge in [-0.25, -0.2) is 4.98 Å². The van der Waals surface area contributed by atoms with Crippen LogP contribution in [0.25, 0.3) is 11.0 Å². The van der Waals surface area contributed by atoms with Crippen molar-refractivity contribution in [2.24, 2.45) is 0 Å². The Morgan fingerprint density at radius 3 is 2.95 bits per heavy atom. The summed E-state index contributed by atoms with van der Waals surface area (Å²) in [6, 6.07) is 9.61. The van der Waals surface area contributed by atoms with Gasteiger partial charge in [-0.05, 0) is 31.5 Å². The van der Waals surface area contributed by atoms with Crippen molar-refractivity contribution in [1.82, 2.24) is 14.9 Å². The van der Waals surface area contributed by atoms with Crippen LogP contribution in [0.1, 0.15) is 45.1 Å². The van der Waals surface area contributed by atoms with E-state index in [2.05, 4.69) is 46.1 Å². The maximum atomic E-state index is 4.55. The molecule has 0 amide bonds. The highest BCUT2D eigenvalue weighted by atomic mass is 15.1. The number of fused-ring (bicyclic) bond motifs is 1. The Kier molecular flexibility index (Phi) is 3.83. The summed E-state index contributed by atoms with van der Waals surface area (Å²) in [4.78, 5) is 4.55. The molecule has 19 heavy (non-hydrogen) atoms. The quantitative estimate of drug-likeness (QED) is 0.853. The van der Waals surface area contributed by atoms with E-state index in [-0.39, 0.29) is 0 Å². The van der Waals surface area contributed by atoms with E-state index in [1.807, 2.05) is 6.33 Å². The second kappa shape index (κ2) is 5.74. The predicted molar refractivity (Wildman–Crippen MR) is 79.3 cm³/mol. The molecular formula is C16H23N3. The highest BCUT2D eigenvalue weighted by Gasteiger charge is 2.25. The number of para-hydroxylation sites is 2. The first-order valence-corrected chi connectivity index (χ1v) is 7.55. The Morgan fingerprint density at radius 2 is 2.05 bits per heavy atom. The van der Waals surface area contributed by atoms with Crippen LogP contribution in [0.2, 0.25) is 0 Å². The van der Waals surface area contributed by atoms with Gasteiger partial charge in [-0.3, -0.25) is 0 Å². The fourth-order valence-electron chi connectivity index (χ4n) is 3.36. The van der Waals surface area contributed by atoms with Crippen LogP contribution in [-0.2, 0) is 0 Å². The summed E-state index contributed by atoms with van der Waals surface area (Å²) >= 11 is 0. The van der Waals surface area contributed by atoms with Crippen LogP contribution in [0.3, 0.4) is 0 Å². The minimum Gasteiger partial charge on any atom is -0.326 e. The summed E-state index contributed by atoms with van der Waals surface area (Å²) in [6.45, 7) is 3.25. The third-order valence-corrected chi connectivity index (χ3v) is 4.28. The standard InChI is InChI=1S/C16H23N3/c1-2-17-13-8-4-3-5-10-15(13)19-12-18-14-9-6-7-11-16(14)19/h6-7,9,11-13,15,17H,2-5,8,10H2,1H3. The normalized spacial score (nSPS) is 24.5. The molecule has 3 heteroatoms. The van der Waals surface area contributed by atoms with Crippen molar-refractivity contribution in [1.29, 1.82) is 0 Å². The largest absolute Gasteiger partial charge is 0.326 e. The number of hydrogen-bond acceptors (Lipinski definition) is 2. The van der Waals surface area contributed by atoms with Crippen LogP contribution < -0.4 is 5.32 Å². The molecule has 1 fully saturated rings. The van der Waals surface area contributed by atoms with E-state index < -0.39 is 0 Å². The summed E-state index contributed by atoms with van der Waals surface area (Å²) in [7, 11) is 0. The van der Waals surface area contributed by atoms with Crippen molar-refractivity contribution in [2.75, 3.05) is 6.54 Å². The topological polar surface area (TPSA) is 29.9 Å². The molecule has 3 rings (SSSR count). The lowest BCUT2D eigenvalue weighted by molar-refractivity contribution is 0.341. The van der Waals surface area contributed by atoms with Crippen LogP contribution in [0.5, 0.6) is 0 Å². The van der Waals surface area contributed by atoms with Gasteiger partial charge in [0.15, 0.2) is 0 Å². The third-order valence-electron chi connectivity index (χ3n) is 4.28. The molecule has 1 aromatic heterocycles. The number of nitrogens with one attached hydrogen (secondary N) is 1. The van der Waals surface area contributed by atoms with Crippen LogP contribution >= 0.6 is 0 Å². The minimum atomic E-state index is 0.551. The number of nitrogens with zero attached hydrogens (tertiary/aromatic N) is 2. The summed E-state index contributed by atoms with van der Waals surface area (Å²) in [6.07, 6.45) is 8.62. The number of rotatable bonds is 3. The number of imidazole rings is 1. The zero-order valence-electron chi connectivity index (χ0n) is 11.7. The molecule has 1 N–H and O–H groups in total. The van der Waals surface area contributed by atoms with Gasteiger partial charge in [0, 0.05) is 6.04 Å². The van der Waals surface area contributed by atoms with Crippen molar-refractivity contribution in [3.05, 3.63) is 30.6 Å². The summed E-state index contributed by atoms with van der Waals surface area (Å²) in [5.41, 5.74) is 2.39. The monoisotopic (exact) mass is 257 g/mol. The lowest BCUT2D eigenvalue weighted by atomic mass is 10.0. The van der Waals surface area contributed by atoms with Crippen molar-refractivity contribution >= 4 is 11.0 Å². The van der Waals surface area contributed by atoms with Gasteiger partial charge in [0.05, 0.1) is 23.4 Å². The molecule has 102 valence electrons. The predicted octanol–water partition coefficient (Wildman–Crippen LogP) is 3.52. The third kappa shape index (κ3) is 2.52. The van der Waals surface area contributed by atoms with Gasteiger partial charge in [-0.2, -0.15) is 0 Å². The molecule has 1 heterocycles. The summed E-state index contributed by atoms with van der Waals surface area (Å²) in [5, 5.41) is 3.68. The zero-order valence-corrected chi connectivity index (χ0v) is 11.7. The molecule has 0 spiro atoms. The molecule has 3 nitrogen and oxygen atoms in total. The number of aromatic nitrogens is 2. The first-order chi connectivity index (χ1) is 9.40. The average Bonchev–Trinajstić information content (AvgIpc) is 2.73. The molecule has 1 aliphatic rings. The zero-order chi connectivity index (χ0) is 13.1. The van der Waals surface area contributed by atoms with Crippen LogP contribution in [0.15, 0.2) is 30.6 Å². The number of benzene rings is 1. The van der Waals surface area contributed by atoms with Gasteiger partial charge in [-0.15, -0.1) is 0 Å². The molecule has 1 aromatic carbocycles. The van der Waals surface area contributed by atoms with Gasteiger partial charge in [0.25, 0.3) is 0 Å². The van der Waals surface area contributed by atoms with E-state index >= 15 is 0 Å². The smallest absolute Gasteiger partial charge is 0.0961 e. The van der Waals surface area contributed by atoms with Crippen molar-refractivity contribution in [2.45, 2.75) is 51.1 Å². The van der Waals surface area contributed by atoms with E-state index in [9.17, 15) is 0 Å². The van der Waals surface area contributed by atoms with E-state index in [1.54, 1.807) is 0 Å². The lowest BCUT2D eigenvalue weighted by Gasteiger charge is -2.27. The second-order valence-electron chi connectivity index (χ2n) is 5.51. The second-order valence-corrected chi connectivity index (χ2v) is 5.51. The Hall–Kier alpha value is -1.35. The summed E-state index contributed by atoms with van der Waals surface area (Å²) in [5.74, 6) is 0. The van der Waals surface area contributed by atoms with E-state index in [0.717, 1.165) is 12.1 Å². The van der Waals surface area contributed by atoms with Crippen LogP contribution in [0.4, 0.5) is 0 Å². The van der Waals surface area contributed by atoms with Gasteiger partial charge in [-0.1, -0.05) is 38.3 Å². The molecule has 0 bridgehead atoms. The Morgan fingerprint density at radius 1 is 1.21 bits per heavy atom. The first-order valence-electron chi connectivity index (χ1n) is 7.55. The highest BCUT2D eigenvalue weighted by molar-refractivity contribution is 5.75. The fraction of sp³-hybridized carbons (Fsp3) is 0.562. The SMILES string of the molecule is CCNC1CCCCCC1n1cnc2ccccc21. The maximum Gasteiger partial charge on any atom is 0.0961 e. The van der Waals surface area contributed by atoms with Crippen molar-refractivity contribution in [3.8, 4) is 0 Å². The maximum absolute atomic E-state index is 4.55. The van der Waals surface area contributed by atoms with Gasteiger partial charge in [0.2, 0.25) is 0 Å². The Labute approximate surface area is 115 Å². The average molecular weight is 257 g/mol. The number of hydrogen-bond donors (Lipinski definition) is 1. The van der Waals surface area contributed by atoms with Crippen LogP contribution in [-0.4, -0.2) is 22.1 Å². The molecule has 0 aliphatic heterocycles. The molecule has 0 radical (unpaired) electrons. The minimum absolute atomic E-state index is 0.551. The van der Waals surface area contributed by atoms with Crippen molar-refractivity contribution < 1.29 is 0 Å². The molecule has 0 saturated heterocycles. The van der Waals surface area contributed by atoms with Gasteiger partial charge in [0.1, 0.15) is 0 Å². The molecule has 2 unspecified atom stereocenters. The molecule has 2 atom stereocenters. The number of likely N-dealkylation sites (N-methyl/N-ethyl adjacent to an activating group) is 1. The summed E-state index contributed by atoms with van der Waals surface area (Å²) < 4.78 is 2.40. The Bertz CT molecular complexity index is 532. The van der Waals surface area contributed by atoms with Crippen molar-refractivity contribution in [3.63, 3.8) is 0 Å². The highest BCUT2D eigenvalue weighted by Crippen LogP contribution is 2.30. The fourth-order valence-corrected chi connectivity index (χ4v) is 3.36. The van der Waals surface area contributed by atoms with E-state index in [0.29, 0.717) is 12.1 Å². The van der Waals surface area contributed by atoms with Crippen LogP contribution in [0, 0.1) is 0 Å².